The molecule has 0 heterocycles. The molecule has 0 aliphatic carbocycles. The Balaban J connectivity index is 3.52. The fourth-order valence-electron chi connectivity index (χ4n) is 4.58. The lowest BCUT2D eigenvalue weighted by atomic mass is 10.00. The van der Waals surface area contributed by atoms with Crippen LogP contribution in [0.4, 0.5) is 0 Å². The molecular formula is C32H63NO. The zero-order valence-corrected chi connectivity index (χ0v) is 24.0. The van der Waals surface area contributed by atoms with Gasteiger partial charge in [-0.3, -0.25) is 0 Å². The van der Waals surface area contributed by atoms with Crippen molar-refractivity contribution >= 4 is 0 Å². The van der Waals surface area contributed by atoms with Crippen LogP contribution in [-0.4, -0.2) is 38.8 Å². The molecule has 34 heavy (non-hydrogen) atoms. The molecule has 0 aromatic rings. The Morgan fingerprint density at radius 1 is 0.588 bits per heavy atom. The van der Waals surface area contributed by atoms with Crippen LogP contribution in [0.2, 0.25) is 0 Å². The Morgan fingerprint density at radius 3 is 1.71 bits per heavy atom. The molecule has 1 atom stereocenters. The summed E-state index contributed by atoms with van der Waals surface area (Å²) < 4.78 is 6.08. The molecule has 0 aliphatic rings. The first-order valence-electron chi connectivity index (χ1n) is 15.2. The van der Waals surface area contributed by atoms with Gasteiger partial charge in [-0.1, -0.05) is 122 Å². The molecule has 0 bridgehead atoms. The maximum Gasteiger partial charge on any atom is 0.0506 e. The standard InChI is InChI=1S/C32H63NO/c1-5-7-9-11-13-14-15-16-17-18-19-20-21-23-25-27-29-34-31-32(30-33(3)4)28-26-24-22-12-10-8-6-2/h13-14,16-17,32H,5-12,15,18-31H2,1-4H3/b14-13-,17-16-. The van der Waals surface area contributed by atoms with Crippen LogP contribution in [0.3, 0.4) is 0 Å². The van der Waals surface area contributed by atoms with Crippen molar-refractivity contribution in [3.63, 3.8) is 0 Å². The van der Waals surface area contributed by atoms with Crippen molar-refractivity contribution in [3.8, 4) is 0 Å². The summed E-state index contributed by atoms with van der Waals surface area (Å²) in [6, 6.07) is 0. The van der Waals surface area contributed by atoms with Crippen molar-refractivity contribution in [2.45, 2.75) is 142 Å². The Hall–Kier alpha value is -0.600. The molecule has 0 amide bonds. The average molecular weight is 478 g/mol. The van der Waals surface area contributed by atoms with E-state index in [1.807, 2.05) is 0 Å². The highest BCUT2D eigenvalue weighted by molar-refractivity contribution is 4.92. The molecule has 0 fully saturated rings. The van der Waals surface area contributed by atoms with Gasteiger partial charge in [0.2, 0.25) is 0 Å². The van der Waals surface area contributed by atoms with Gasteiger partial charge in [0.25, 0.3) is 0 Å². The van der Waals surface area contributed by atoms with Gasteiger partial charge in [-0.25, -0.2) is 0 Å². The Bertz CT molecular complexity index is 429. The Morgan fingerprint density at radius 2 is 1.09 bits per heavy atom. The number of nitrogens with zero attached hydrogens (tertiary/aromatic N) is 1. The normalized spacial score (nSPS) is 13.1. The molecule has 0 N–H and O–H groups in total. The molecule has 0 aliphatic heterocycles. The van der Waals surface area contributed by atoms with Gasteiger partial charge in [0.1, 0.15) is 0 Å². The lowest BCUT2D eigenvalue weighted by Crippen LogP contribution is -2.25. The third-order valence-corrected chi connectivity index (χ3v) is 6.68. The van der Waals surface area contributed by atoms with Crippen molar-refractivity contribution in [2.24, 2.45) is 5.92 Å². The second kappa shape index (κ2) is 28.6. The fraction of sp³-hybridized carbons (Fsp3) is 0.875. The van der Waals surface area contributed by atoms with Crippen LogP contribution in [-0.2, 0) is 4.74 Å². The van der Waals surface area contributed by atoms with Crippen LogP contribution in [0.15, 0.2) is 24.3 Å². The van der Waals surface area contributed by atoms with E-state index in [-0.39, 0.29) is 0 Å². The molecular weight excluding hydrogens is 414 g/mol. The minimum Gasteiger partial charge on any atom is -0.381 e. The Labute approximate surface area is 216 Å². The largest absolute Gasteiger partial charge is 0.381 e. The summed E-state index contributed by atoms with van der Waals surface area (Å²) in [4.78, 5) is 2.33. The van der Waals surface area contributed by atoms with Crippen LogP contribution in [0.25, 0.3) is 0 Å². The summed E-state index contributed by atoms with van der Waals surface area (Å²) >= 11 is 0. The highest BCUT2D eigenvalue weighted by atomic mass is 16.5. The lowest BCUT2D eigenvalue weighted by Gasteiger charge is -2.21. The molecule has 0 saturated carbocycles. The van der Waals surface area contributed by atoms with E-state index in [1.54, 1.807) is 0 Å². The summed E-state index contributed by atoms with van der Waals surface area (Å²) in [5.74, 6) is 0.704. The van der Waals surface area contributed by atoms with Crippen LogP contribution < -0.4 is 0 Å². The van der Waals surface area contributed by atoms with Gasteiger partial charge in [0.15, 0.2) is 0 Å². The number of hydrogen-bond acceptors (Lipinski definition) is 2. The third kappa shape index (κ3) is 27.6. The summed E-state index contributed by atoms with van der Waals surface area (Å²) in [6.45, 7) is 7.63. The van der Waals surface area contributed by atoms with E-state index in [2.05, 4.69) is 57.1 Å². The first-order valence-corrected chi connectivity index (χ1v) is 15.2. The van der Waals surface area contributed by atoms with Gasteiger partial charge in [0.05, 0.1) is 6.61 Å². The molecule has 2 heteroatoms. The molecule has 0 aromatic carbocycles. The molecule has 202 valence electrons. The van der Waals surface area contributed by atoms with Crippen molar-refractivity contribution < 1.29 is 4.74 Å². The van der Waals surface area contributed by atoms with Gasteiger partial charge in [-0.2, -0.15) is 0 Å². The van der Waals surface area contributed by atoms with E-state index < -0.39 is 0 Å². The smallest absolute Gasteiger partial charge is 0.0506 e. The van der Waals surface area contributed by atoms with Crippen molar-refractivity contribution in [2.75, 3.05) is 33.9 Å². The molecule has 0 radical (unpaired) electrons. The lowest BCUT2D eigenvalue weighted by molar-refractivity contribution is 0.0816. The second-order valence-corrected chi connectivity index (χ2v) is 10.7. The zero-order chi connectivity index (χ0) is 25.0. The second-order valence-electron chi connectivity index (χ2n) is 10.7. The topological polar surface area (TPSA) is 12.5 Å². The summed E-state index contributed by atoms with van der Waals surface area (Å²) in [5.41, 5.74) is 0. The van der Waals surface area contributed by atoms with Crippen molar-refractivity contribution in [1.29, 1.82) is 0 Å². The quantitative estimate of drug-likeness (QED) is 0.0861. The maximum absolute atomic E-state index is 6.08. The molecule has 0 aromatic heterocycles. The van der Waals surface area contributed by atoms with E-state index in [0.29, 0.717) is 5.92 Å². The van der Waals surface area contributed by atoms with E-state index >= 15 is 0 Å². The van der Waals surface area contributed by atoms with Gasteiger partial charge in [-0.05, 0) is 65.0 Å². The van der Waals surface area contributed by atoms with E-state index in [4.69, 9.17) is 4.74 Å². The predicted octanol–water partition coefficient (Wildman–Crippen LogP) is 10.1. The number of unbranched alkanes of at least 4 members (excludes halogenated alkanes) is 15. The monoisotopic (exact) mass is 477 g/mol. The Kier molecular flexibility index (Phi) is 28.1. The zero-order valence-electron chi connectivity index (χ0n) is 24.0. The number of hydrogen-bond donors (Lipinski definition) is 0. The predicted molar refractivity (Wildman–Crippen MR) is 155 cm³/mol. The maximum atomic E-state index is 6.08. The summed E-state index contributed by atoms with van der Waals surface area (Å²) in [5, 5.41) is 0. The van der Waals surface area contributed by atoms with Crippen LogP contribution in [0, 0.1) is 5.92 Å². The van der Waals surface area contributed by atoms with Crippen molar-refractivity contribution in [1.82, 2.24) is 4.90 Å². The van der Waals surface area contributed by atoms with E-state index in [0.717, 1.165) is 19.6 Å². The fourth-order valence-corrected chi connectivity index (χ4v) is 4.58. The minimum atomic E-state index is 0.704. The molecule has 0 rings (SSSR count). The van der Waals surface area contributed by atoms with E-state index in [9.17, 15) is 0 Å². The molecule has 0 spiro atoms. The first kappa shape index (κ1) is 33.4. The first-order chi connectivity index (χ1) is 16.7. The van der Waals surface area contributed by atoms with Crippen LogP contribution >= 0.6 is 0 Å². The molecule has 1 unspecified atom stereocenters. The van der Waals surface area contributed by atoms with Gasteiger partial charge in [0, 0.05) is 13.2 Å². The van der Waals surface area contributed by atoms with Gasteiger partial charge < -0.3 is 9.64 Å². The number of allylic oxidation sites excluding steroid dienone is 4. The third-order valence-electron chi connectivity index (χ3n) is 6.68. The van der Waals surface area contributed by atoms with Gasteiger partial charge >= 0.3 is 0 Å². The molecule has 0 saturated heterocycles. The molecule has 2 nitrogen and oxygen atoms in total. The SMILES string of the molecule is CCCCC/C=C\C/C=C\CCCCCCCCOCC(CCCCCCCCC)CN(C)C. The summed E-state index contributed by atoms with van der Waals surface area (Å²) in [7, 11) is 4.39. The number of ether oxygens (including phenoxy) is 1. The van der Waals surface area contributed by atoms with Crippen molar-refractivity contribution in [3.05, 3.63) is 24.3 Å². The van der Waals surface area contributed by atoms with Crippen LogP contribution in [0.5, 0.6) is 0 Å². The average Bonchev–Trinajstić information content (AvgIpc) is 2.82. The van der Waals surface area contributed by atoms with Gasteiger partial charge in [-0.15, -0.1) is 0 Å². The minimum absolute atomic E-state index is 0.704. The highest BCUT2D eigenvalue weighted by Crippen LogP contribution is 2.15. The number of rotatable bonds is 27. The van der Waals surface area contributed by atoms with Crippen LogP contribution in [0.1, 0.15) is 142 Å². The van der Waals surface area contributed by atoms with E-state index in [1.165, 1.54) is 129 Å². The summed E-state index contributed by atoms with van der Waals surface area (Å²) in [6.07, 6.45) is 36.2. The highest BCUT2D eigenvalue weighted by Gasteiger charge is 2.10.